The van der Waals surface area contributed by atoms with Crippen molar-refractivity contribution in [3.63, 3.8) is 0 Å². The number of halogens is 4. The fraction of sp³-hybridized carbons (Fsp3) is 0.632. The zero-order valence-electron chi connectivity index (χ0n) is 16.4. The van der Waals surface area contributed by atoms with Crippen molar-refractivity contribution in [1.82, 2.24) is 15.5 Å². The second kappa shape index (κ2) is 12.4. The highest BCUT2D eigenvalue weighted by Crippen LogP contribution is 2.19. The Morgan fingerprint density at radius 1 is 1.25 bits per heavy atom. The molecule has 9 heteroatoms. The zero-order valence-corrected chi connectivity index (χ0v) is 18.7. The van der Waals surface area contributed by atoms with Gasteiger partial charge in [-0.1, -0.05) is 19.1 Å². The molecule has 1 aromatic rings. The number of hydrogen-bond acceptors (Lipinski definition) is 3. The summed E-state index contributed by atoms with van der Waals surface area (Å²) in [5.74, 6) is 1.55. The molecule has 1 heterocycles. The lowest BCUT2D eigenvalue weighted by molar-refractivity contribution is -0.153. The van der Waals surface area contributed by atoms with Crippen LogP contribution in [0.15, 0.2) is 29.3 Å². The van der Waals surface area contributed by atoms with Crippen LogP contribution in [0.2, 0.25) is 0 Å². The first-order valence-electron chi connectivity index (χ1n) is 9.35. The second-order valence-corrected chi connectivity index (χ2v) is 6.81. The third kappa shape index (κ3) is 9.31. The van der Waals surface area contributed by atoms with Gasteiger partial charge in [0.05, 0.1) is 0 Å². The standard InChI is InChI=1S/C19H29F3N4O.HI/c1-3-9-26-10-8-16(13-26)12-25-18(23-2)24-11-15-4-6-17(7-5-15)27-14-19(20,21)22;/h4-7,16H,3,8-14H2,1-2H3,(H2,23,24,25);1H. The molecule has 1 unspecified atom stereocenters. The monoisotopic (exact) mass is 514 g/mol. The molecule has 1 aromatic carbocycles. The molecule has 1 atom stereocenters. The number of rotatable bonds is 8. The quantitative estimate of drug-likeness (QED) is 0.316. The molecular weight excluding hydrogens is 484 g/mol. The Hall–Kier alpha value is -1.23. The predicted octanol–water partition coefficient (Wildman–Crippen LogP) is 3.64. The second-order valence-electron chi connectivity index (χ2n) is 6.81. The third-order valence-corrected chi connectivity index (χ3v) is 4.48. The Kier molecular flexibility index (Phi) is 10.9. The predicted molar refractivity (Wildman–Crippen MR) is 116 cm³/mol. The topological polar surface area (TPSA) is 48.9 Å². The zero-order chi connectivity index (χ0) is 19.7. The average Bonchev–Trinajstić information content (AvgIpc) is 3.08. The van der Waals surface area contributed by atoms with Crippen LogP contribution in [-0.2, 0) is 6.54 Å². The van der Waals surface area contributed by atoms with E-state index in [4.69, 9.17) is 4.74 Å². The maximum atomic E-state index is 12.2. The SMILES string of the molecule is CCCN1CCC(CNC(=NC)NCc2ccc(OCC(F)(F)F)cc2)C1.I. The Balaban J connectivity index is 0.00000392. The molecule has 2 N–H and O–H groups in total. The van der Waals surface area contributed by atoms with Gasteiger partial charge in [-0.2, -0.15) is 13.2 Å². The lowest BCUT2D eigenvalue weighted by atomic mass is 10.1. The first kappa shape index (κ1) is 24.8. The van der Waals surface area contributed by atoms with Gasteiger partial charge >= 0.3 is 6.18 Å². The Morgan fingerprint density at radius 3 is 2.57 bits per heavy atom. The van der Waals surface area contributed by atoms with Crippen LogP contribution >= 0.6 is 24.0 Å². The molecule has 1 aliphatic heterocycles. The maximum absolute atomic E-state index is 12.2. The lowest BCUT2D eigenvalue weighted by Gasteiger charge is -2.17. The molecule has 2 rings (SSSR count). The van der Waals surface area contributed by atoms with Crippen LogP contribution < -0.4 is 15.4 Å². The smallest absolute Gasteiger partial charge is 0.422 e. The molecule has 160 valence electrons. The highest BCUT2D eigenvalue weighted by Gasteiger charge is 2.28. The highest BCUT2D eigenvalue weighted by molar-refractivity contribution is 14.0. The molecule has 28 heavy (non-hydrogen) atoms. The molecule has 1 saturated heterocycles. The molecule has 1 fully saturated rings. The molecule has 5 nitrogen and oxygen atoms in total. The molecule has 0 saturated carbocycles. The van der Waals surface area contributed by atoms with Gasteiger partial charge in [0, 0.05) is 26.7 Å². The van der Waals surface area contributed by atoms with E-state index in [-0.39, 0.29) is 29.7 Å². The lowest BCUT2D eigenvalue weighted by Crippen LogP contribution is -2.39. The van der Waals surface area contributed by atoms with Gasteiger partial charge in [0.2, 0.25) is 0 Å². The Labute approximate surface area is 182 Å². The van der Waals surface area contributed by atoms with E-state index in [1.165, 1.54) is 12.8 Å². The van der Waals surface area contributed by atoms with Gasteiger partial charge in [0.25, 0.3) is 0 Å². The van der Waals surface area contributed by atoms with Crippen molar-refractivity contribution in [3.05, 3.63) is 29.8 Å². The molecule has 0 bridgehead atoms. The molecule has 0 radical (unpaired) electrons. The van der Waals surface area contributed by atoms with Gasteiger partial charge in [-0.05, 0) is 49.5 Å². The van der Waals surface area contributed by atoms with Crippen LogP contribution in [0.3, 0.4) is 0 Å². The van der Waals surface area contributed by atoms with Gasteiger partial charge in [-0.25, -0.2) is 0 Å². The van der Waals surface area contributed by atoms with Crippen molar-refractivity contribution in [3.8, 4) is 5.75 Å². The fourth-order valence-electron chi connectivity index (χ4n) is 3.11. The van der Waals surface area contributed by atoms with E-state index in [9.17, 15) is 13.2 Å². The van der Waals surface area contributed by atoms with Crippen LogP contribution in [0.4, 0.5) is 13.2 Å². The first-order valence-corrected chi connectivity index (χ1v) is 9.35. The van der Waals surface area contributed by atoms with Crippen LogP contribution in [0.5, 0.6) is 5.75 Å². The summed E-state index contributed by atoms with van der Waals surface area (Å²) in [5.41, 5.74) is 0.937. The number of ether oxygens (including phenoxy) is 1. The van der Waals surface area contributed by atoms with Gasteiger partial charge in [-0.3, -0.25) is 4.99 Å². The van der Waals surface area contributed by atoms with Gasteiger partial charge in [0.1, 0.15) is 5.75 Å². The number of alkyl halides is 3. The molecule has 0 spiro atoms. The summed E-state index contributed by atoms with van der Waals surface area (Å²) in [7, 11) is 1.72. The van der Waals surface area contributed by atoms with Crippen LogP contribution in [-0.4, -0.2) is 56.9 Å². The summed E-state index contributed by atoms with van der Waals surface area (Å²) >= 11 is 0. The van der Waals surface area contributed by atoms with Crippen LogP contribution in [0.1, 0.15) is 25.3 Å². The number of likely N-dealkylation sites (tertiary alicyclic amines) is 1. The van der Waals surface area contributed by atoms with E-state index < -0.39 is 12.8 Å². The molecule has 1 aliphatic rings. The molecular formula is C19H30F3IN4O. The van der Waals surface area contributed by atoms with Crippen molar-refractivity contribution in [1.29, 1.82) is 0 Å². The summed E-state index contributed by atoms with van der Waals surface area (Å²) in [5, 5.41) is 6.58. The number of nitrogens with zero attached hydrogens (tertiary/aromatic N) is 2. The van der Waals surface area contributed by atoms with E-state index in [0.29, 0.717) is 12.5 Å². The highest BCUT2D eigenvalue weighted by atomic mass is 127. The summed E-state index contributed by atoms with van der Waals surface area (Å²) in [6, 6.07) is 6.57. The van der Waals surface area contributed by atoms with Gasteiger partial charge in [-0.15, -0.1) is 24.0 Å². The summed E-state index contributed by atoms with van der Waals surface area (Å²) in [6.45, 7) is 5.78. The van der Waals surface area contributed by atoms with Crippen molar-refractivity contribution in [2.24, 2.45) is 10.9 Å². The van der Waals surface area contributed by atoms with E-state index in [1.807, 2.05) is 0 Å². The van der Waals surface area contributed by atoms with Crippen LogP contribution in [0.25, 0.3) is 0 Å². The summed E-state index contributed by atoms with van der Waals surface area (Å²) in [6.07, 6.45) is -1.95. The minimum Gasteiger partial charge on any atom is -0.484 e. The van der Waals surface area contributed by atoms with Crippen molar-refractivity contribution < 1.29 is 17.9 Å². The van der Waals surface area contributed by atoms with E-state index in [2.05, 4.69) is 27.4 Å². The van der Waals surface area contributed by atoms with Crippen molar-refractivity contribution >= 4 is 29.9 Å². The van der Waals surface area contributed by atoms with Crippen molar-refractivity contribution in [2.45, 2.75) is 32.5 Å². The Bertz CT molecular complexity index is 596. The largest absolute Gasteiger partial charge is 0.484 e. The average molecular weight is 514 g/mol. The van der Waals surface area contributed by atoms with Gasteiger partial charge < -0.3 is 20.3 Å². The minimum atomic E-state index is -4.33. The maximum Gasteiger partial charge on any atom is 0.422 e. The third-order valence-electron chi connectivity index (χ3n) is 4.48. The van der Waals surface area contributed by atoms with E-state index in [0.717, 1.165) is 37.7 Å². The van der Waals surface area contributed by atoms with E-state index in [1.54, 1.807) is 31.3 Å². The number of nitrogens with one attached hydrogen (secondary N) is 2. The molecule has 0 aromatic heterocycles. The van der Waals surface area contributed by atoms with Crippen molar-refractivity contribution in [2.75, 3.05) is 39.8 Å². The Morgan fingerprint density at radius 2 is 1.96 bits per heavy atom. The van der Waals surface area contributed by atoms with E-state index >= 15 is 0 Å². The number of hydrogen-bond donors (Lipinski definition) is 2. The molecule has 0 amide bonds. The number of guanidine groups is 1. The normalized spacial score (nSPS) is 17.9. The minimum absolute atomic E-state index is 0. The number of aliphatic imine (C=N–C) groups is 1. The summed E-state index contributed by atoms with van der Waals surface area (Å²) in [4.78, 5) is 6.72. The number of benzene rings is 1. The van der Waals surface area contributed by atoms with Gasteiger partial charge in [0.15, 0.2) is 12.6 Å². The first-order chi connectivity index (χ1) is 12.9. The van der Waals surface area contributed by atoms with Crippen LogP contribution in [0, 0.1) is 5.92 Å². The summed E-state index contributed by atoms with van der Waals surface area (Å²) < 4.78 is 41.2. The molecule has 0 aliphatic carbocycles. The fourth-order valence-corrected chi connectivity index (χ4v) is 3.11.